The number of unbranched alkanes of at least 4 members (excludes halogenated alkanes) is 1. The Morgan fingerprint density at radius 1 is 1.28 bits per heavy atom. The molecule has 1 aromatic rings. The molecular weight excluding hydrogens is 220 g/mol. The predicted octanol–water partition coefficient (Wildman–Crippen LogP) is 4.26. The van der Waals surface area contributed by atoms with E-state index in [-0.39, 0.29) is 0 Å². The summed E-state index contributed by atoms with van der Waals surface area (Å²) in [6.45, 7) is 6.63. The summed E-state index contributed by atoms with van der Waals surface area (Å²) < 4.78 is 0. The molecule has 0 aliphatic heterocycles. The van der Waals surface area contributed by atoms with Crippen molar-refractivity contribution in [2.75, 3.05) is 7.05 Å². The van der Waals surface area contributed by atoms with Crippen LogP contribution < -0.4 is 5.32 Å². The van der Waals surface area contributed by atoms with Gasteiger partial charge in [0, 0.05) is 11.7 Å². The lowest BCUT2D eigenvalue weighted by atomic mass is 9.91. The van der Waals surface area contributed by atoms with Crippen LogP contribution >= 0.6 is 0 Å². The quantitative estimate of drug-likeness (QED) is 0.743. The van der Waals surface area contributed by atoms with Gasteiger partial charge in [0.05, 0.1) is 5.69 Å². The number of aryl methyl sites for hydroxylation is 1. The first kappa shape index (κ1) is 15.2. The highest BCUT2D eigenvalue weighted by atomic mass is 14.9. The third kappa shape index (κ3) is 4.77. The number of nitrogens with zero attached hydrogens (tertiary/aromatic N) is 1. The molecule has 102 valence electrons. The second-order valence-corrected chi connectivity index (χ2v) is 5.20. The Hall–Kier alpha value is -0.890. The molecule has 0 radical (unpaired) electrons. The van der Waals surface area contributed by atoms with E-state index in [1.54, 1.807) is 0 Å². The molecular formula is C16H28N2. The van der Waals surface area contributed by atoms with Crippen LogP contribution in [0.5, 0.6) is 0 Å². The molecule has 0 saturated carbocycles. The maximum atomic E-state index is 4.65. The van der Waals surface area contributed by atoms with Crippen LogP contribution in [-0.4, -0.2) is 12.0 Å². The number of aromatic nitrogens is 1. The van der Waals surface area contributed by atoms with Crippen molar-refractivity contribution in [1.82, 2.24) is 10.3 Å². The third-order valence-corrected chi connectivity index (χ3v) is 3.73. The van der Waals surface area contributed by atoms with Crippen LogP contribution in [0.25, 0.3) is 0 Å². The molecule has 1 N–H and O–H groups in total. The SMILES string of the molecule is CCCCC(CC)CC(NC)c1cccc(C)n1. The number of nitrogens with one attached hydrogen (secondary N) is 1. The predicted molar refractivity (Wildman–Crippen MR) is 78.7 cm³/mol. The van der Waals surface area contributed by atoms with E-state index >= 15 is 0 Å². The minimum Gasteiger partial charge on any atom is -0.312 e. The van der Waals surface area contributed by atoms with Gasteiger partial charge in [-0.05, 0) is 38.4 Å². The number of rotatable bonds is 8. The van der Waals surface area contributed by atoms with Gasteiger partial charge in [-0.2, -0.15) is 0 Å². The Morgan fingerprint density at radius 2 is 2.06 bits per heavy atom. The maximum absolute atomic E-state index is 4.65. The Balaban J connectivity index is 2.65. The zero-order valence-electron chi connectivity index (χ0n) is 12.4. The van der Waals surface area contributed by atoms with E-state index in [4.69, 9.17) is 0 Å². The molecule has 0 spiro atoms. The zero-order chi connectivity index (χ0) is 13.4. The highest BCUT2D eigenvalue weighted by Gasteiger charge is 2.16. The van der Waals surface area contributed by atoms with Crippen molar-refractivity contribution >= 4 is 0 Å². The van der Waals surface area contributed by atoms with Crippen molar-refractivity contribution in [3.05, 3.63) is 29.6 Å². The van der Waals surface area contributed by atoms with E-state index < -0.39 is 0 Å². The summed E-state index contributed by atoms with van der Waals surface area (Å²) in [6.07, 6.45) is 6.45. The third-order valence-electron chi connectivity index (χ3n) is 3.73. The molecule has 18 heavy (non-hydrogen) atoms. The fourth-order valence-electron chi connectivity index (χ4n) is 2.46. The molecule has 1 heterocycles. The smallest absolute Gasteiger partial charge is 0.0576 e. The Morgan fingerprint density at radius 3 is 2.61 bits per heavy atom. The molecule has 2 heteroatoms. The van der Waals surface area contributed by atoms with Gasteiger partial charge in [-0.3, -0.25) is 4.98 Å². The van der Waals surface area contributed by atoms with E-state index in [1.807, 2.05) is 7.05 Å². The number of pyridine rings is 1. The van der Waals surface area contributed by atoms with Crippen molar-refractivity contribution in [2.24, 2.45) is 5.92 Å². The molecule has 0 aliphatic carbocycles. The minimum absolute atomic E-state index is 0.395. The summed E-state index contributed by atoms with van der Waals surface area (Å²) in [5.41, 5.74) is 2.29. The highest BCUT2D eigenvalue weighted by Crippen LogP contribution is 2.25. The standard InChI is InChI=1S/C16H28N2/c1-5-7-10-14(6-2)12-16(17-4)15-11-8-9-13(3)18-15/h8-9,11,14,16-17H,5-7,10,12H2,1-4H3. The van der Waals surface area contributed by atoms with Crippen molar-refractivity contribution in [2.45, 2.75) is 58.9 Å². The molecule has 1 aromatic heterocycles. The van der Waals surface area contributed by atoms with Gasteiger partial charge < -0.3 is 5.32 Å². The highest BCUT2D eigenvalue weighted by molar-refractivity contribution is 5.13. The zero-order valence-corrected chi connectivity index (χ0v) is 12.4. The van der Waals surface area contributed by atoms with Crippen molar-refractivity contribution in [1.29, 1.82) is 0 Å². The molecule has 2 nitrogen and oxygen atoms in total. The topological polar surface area (TPSA) is 24.9 Å². The Labute approximate surface area is 112 Å². The molecule has 0 saturated heterocycles. The van der Waals surface area contributed by atoms with Crippen molar-refractivity contribution in [3.63, 3.8) is 0 Å². The fourth-order valence-corrected chi connectivity index (χ4v) is 2.46. The largest absolute Gasteiger partial charge is 0.312 e. The number of hydrogen-bond donors (Lipinski definition) is 1. The molecule has 2 unspecified atom stereocenters. The van der Waals surface area contributed by atoms with Crippen LogP contribution in [0, 0.1) is 12.8 Å². The lowest BCUT2D eigenvalue weighted by Gasteiger charge is -2.22. The molecule has 0 aliphatic rings. The van der Waals surface area contributed by atoms with Crippen LogP contribution in [-0.2, 0) is 0 Å². The van der Waals surface area contributed by atoms with Gasteiger partial charge in [0.1, 0.15) is 0 Å². The summed E-state index contributed by atoms with van der Waals surface area (Å²) in [6, 6.07) is 6.70. The first-order valence-corrected chi connectivity index (χ1v) is 7.32. The van der Waals surface area contributed by atoms with Gasteiger partial charge in [-0.1, -0.05) is 45.6 Å². The molecule has 1 rings (SSSR count). The van der Waals surface area contributed by atoms with Crippen LogP contribution in [0.1, 0.15) is 63.4 Å². The van der Waals surface area contributed by atoms with E-state index in [1.165, 1.54) is 37.8 Å². The first-order valence-electron chi connectivity index (χ1n) is 7.32. The van der Waals surface area contributed by atoms with Gasteiger partial charge in [0.15, 0.2) is 0 Å². The van der Waals surface area contributed by atoms with E-state index in [0.717, 1.165) is 11.6 Å². The second-order valence-electron chi connectivity index (χ2n) is 5.20. The minimum atomic E-state index is 0.395. The number of hydrogen-bond acceptors (Lipinski definition) is 2. The van der Waals surface area contributed by atoms with E-state index in [9.17, 15) is 0 Å². The average molecular weight is 248 g/mol. The molecule has 2 atom stereocenters. The molecule has 0 aromatic carbocycles. The van der Waals surface area contributed by atoms with Gasteiger partial charge in [-0.15, -0.1) is 0 Å². The molecule has 0 fully saturated rings. The van der Waals surface area contributed by atoms with Crippen molar-refractivity contribution in [3.8, 4) is 0 Å². The maximum Gasteiger partial charge on any atom is 0.0576 e. The van der Waals surface area contributed by atoms with E-state index in [2.05, 4.69) is 49.3 Å². The summed E-state index contributed by atoms with van der Waals surface area (Å²) in [5.74, 6) is 0.810. The summed E-state index contributed by atoms with van der Waals surface area (Å²) in [7, 11) is 2.04. The normalized spacial score (nSPS) is 14.4. The lowest BCUT2D eigenvalue weighted by Crippen LogP contribution is -2.21. The van der Waals surface area contributed by atoms with Crippen LogP contribution in [0.2, 0.25) is 0 Å². The van der Waals surface area contributed by atoms with Gasteiger partial charge in [0.25, 0.3) is 0 Å². The Kier molecular flexibility index (Phi) is 6.96. The van der Waals surface area contributed by atoms with Gasteiger partial charge in [-0.25, -0.2) is 0 Å². The Bertz CT molecular complexity index is 336. The van der Waals surface area contributed by atoms with Crippen LogP contribution in [0.15, 0.2) is 18.2 Å². The second kappa shape index (κ2) is 8.25. The average Bonchev–Trinajstić information content (AvgIpc) is 2.39. The summed E-state index contributed by atoms with van der Waals surface area (Å²) >= 11 is 0. The fraction of sp³-hybridized carbons (Fsp3) is 0.688. The van der Waals surface area contributed by atoms with Crippen LogP contribution in [0.4, 0.5) is 0 Å². The van der Waals surface area contributed by atoms with Gasteiger partial charge >= 0.3 is 0 Å². The van der Waals surface area contributed by atoms with E-state index in [0.29, 0.717) is 6.04 Å². The summed E-state index contributed by atoms with van der Waals surface area (Å²) in [4.78, 5) is 4.65. The lowest BCUT2D eigenvalue weighted by molar-refractivity contribution is 0.361. The van der Waals surface area contributed by atoms with Crippen molar-refractivity contribution < 1.29 is 0 Å². The monoisotopic (exact) mass is 248 g/mol. The first-order chi connectivity index (χ1) is 8.71. The van der Waals surface area contributed by atoms with Crippen LogP contribution in [0.3, 0.4) is 0 Å². The summed E-state index contributed by atoms with van der Waals surface area (Å²) in [5, 5.41) is 3.42. The molecule has 0 amide bonds. The van der Waals surface area contributed by atoms with Gasteiger partial charge in [0.2, 0.25) is 0 Å². The molecule has 0 bridgehead atoms.